The molecular weight excluding hydrogens is 744 g/mol. The minimum atomic E-state index is -0.679. The van der Waals surface area contributed by atoms with Crippen LogP contribution in [0.25, 0.3) is 11.0 Å². The number of Topliss-reactive ketones (excluding diaryl/α,β-unsaturated/α-hetero) is 1. The average molecular weight is 793 g/mol. The number of fused-ring (bicyclic) bond motifs is 1. The fraction of sp³-hybridized carbons (Fsp3) is 0.463. The van der Waals surface area contributed by atoms with Crippen molar-refractivity contribution in [3.05, 3.63) is 69.5 Å². The molecule has 8 rings (SSSR count). The number of hydrogen-bond donors (Lipinski definition) is 4. The van der Waals surface area contributed by atoms with Gasteiger partial charge in [0.1, 0.15) is 23.1 Å². The molecule has 17 heteroatoms. The fourth-order valence-corrected chi connectivity index (χ4v) is 9.10. The van der Waals surface area contributed by atoms with Crippen molar-refractivity contribution in [3.8, 4) is 0 Å². The standard InChI is InChI=1S/C41H49FN12O4/c1-24-31-23-46-40(49-38(31)54(28-6-4-5-7-28)39(57)35(24)25(2)55)47-33-9-8-29(22-45-33)50-13-10-27(11-14-50)51-16-18-52(19-17-51)32-21-26(42)20-30(36(32)44-3)37(43)53-15-12-34(56)48-41(53)58/h8-9,20-23,27-28,43-44H,4-7,10-19H2,1-3H3,(H,48,56,58)(H,45,46,47,49). The molecule has 3 saturated heterocycles. The zero-order chi connectivity index (χ0) is 40.7. The van der Waals surface area contributed by atoms with Gasteiger partial charge in [-0.3, -0.25) is 39.5 Å². The molecule has 0 spiro atoms. The lowest BCUT2D eigenvalue weighted by Gasteiger charge is -2.44. The number of amides is 3. The Labute approximate surface area is 335 Å². The number of piperazine rings is 1. The number of aryl methyl sites for hydroxylation is 1. The van der Waals surface area contributed by atoms with Gasteiger partial charge in [-0.25, -0.2) is 19.2 Å². The minimum absolute atomic E-state index is 0.00124. The number of urea groups is 1. The van der Waals surface area contributed by atoms with Crippen molar-refractivity contribution < 1.29 is 18.8 Å². The van der Waals surface area contributed by atoms with Gasteiger partial charge < -0.3 is 20.4 Å². The first kappa shape index (κ1) is 38.9. The normalized spacial score (nSPS) is 18.5. The van der Waals surface area contributed by atoms with E-state index < -0.39 is 17.8 Å². The van der Waals surface area contributed by atoms with E-state index in [1.165, 1.54) is 24.0 Å². The third-order valence-electron chi connectivity index (χ3n) is 12.2. The number of benzene rings is 1. The van der Waals surface area contributed by atoms with Crippen LogP contribution in [0.2, 0.25) is 0 Å². The molecule has 0 bridgehead atoms. The summed E-state index contributed by atoms with van der Waals surface area (Å²) in [6.45, 7) is 8.01. The highest BCUT2D eigenvalue weighted by Crippen LogP contribution is 2.35. The molecule has 4 aromatic rings. The van der Waals surface area contributed by atoms with E-state index >= 15 is 4.39 Å². The van der Waals surface area contributed by atoms with E-state index in [4.69, 9.17) is 10.4 Å². The smallest absolute Gasteiger partial charge is 0.329 e. The van der Waals surface area contributed by atoms with Crippen LogP contribution in [0.4, 0.5) is 38.0 Å². The minimum Gasteiger partial charge on any atom is -0.386 e. The molecule has 4 fully saturated rings. The Hall–Kier alpha value is -5.97. The van der Waals surface area contributed by atoms with Gasteiger partial charge in [-0.05, 0) is 69.4 Å². The number of piperidine rings is 1. The van der Waals surface area contributed by atoms with Crippen molar-refractivity contribution in [2.24, 2.45) is 0 Å². The summed E-state index contributed by atoms with van der Waals surface area (Å²) in [5.41, 5.74) is 3.57. The van der Waals surface area contributed by atoms with Crippen LogP contribution in [-0.2, 0) is 4.79 Å². The van der Waals surface area contributed by atoms with Gasteiger partial charge in [0.2, 0.25) is 11.9 Å². The number of halogens is 1. The number of aromatic nitrogens is 4. The Kier molecular flexibility index (Phi) is 10.8. The summed E-state index contributed by atoms with van der Waals surface area (Å²) in [5.74, 6) is -0.382. The quantitative estimate of drug-likeness (QED) is 0.103. The number of carbonyl (C=O) groups is 3. The van der Waals surface area contributed by atoms with Crippen molar-refractivity contribution in [3.63, 3.8) is 0 Å². The zero-order valence-electron chi connectivity index (χ0n) is 33.1. The van der Waals surface area contributed by atoms with Crippen LogP contribution in [0.1, 0.15) is 79.4 Å². The van der Waals surface area contributed by atoms with Crippen molar-refractivity contribution >= 4 is 63.4 Å². The van der Waals surface area contributed by atoms with Crippen LogP contribution >= 0.6 is 0 Å². The van der Waals surface area contributed by atoms with E-state index in [9.17, 15) is 19.2 Å². The molecule has 6 heterocycles. The topological polar surface area (TPSA) is 185 Å². The van der Waals surface area contributed by atoms with Crippen molar-refractivity contribution in [1.82, 2.24) is 34.6 Å². The Morgan fingerprint density at radius 2 is 1.66 bits per heavy atom. The number of imide groups is 1. The number of hydrogen-bond acceptors (Lipinski definition) is 13. The van der Waals surface area contributed by atoms with Gasteiger partial charge >= 0.3 is 6.03 Å². The maximum absolute atomic E-state index is 15.0. The van der Waals surface area contributed by atoms with Crippen LogP contribution in [0.15, 0.2) is 41.5 Å². The second kappa shape index (κ2) is 16.1. The molecule has 0 unspecified atom stereocenters. The number of nitrogens with one attached hydrogen (secondary N) is 4. The van der Waals surface area contributed by atoms with E-state index in [2.05, 4.69) is 40.6 Å². The summed E-state index contributed by atoms with van der Waals surface area (Å²) in [6, 6.07) is 6.41. The molecule has 0 radical (unpaired) electrons. The molecule has 1 saturated carbocycles. The van der Waals surface area contributed by atoms with Gasteiger partial charge in [0.05, 0.1) is 28.8 Å². The molecule has 3 aromatic heterocycles. The monoisotopic (exact) mass is 792 g/mol. The predicted octanol–water partition coefficient (Wildman–Crippen LogP) is 4.80. The predicted molar refractivity (Wildman–Crippen MR) is 220 cm³/mol. The van der Waals surface area contributed by atoms with Gasteiger partial charge in [-0.2, -0.15) is 4.98 Å². The molecule has 3 amide bonds. The number of nitrogens with zero attached hydrogens (tertiary/aromatic N) is 8. The lowest BCUT2D eigenvalue weighted by molar-refractivity contribution is -0.121. The van der Waals surface area contributed by atoms with Gasteiger partial charge in [0.15, 0.2) is 5.78 Å². The summed E-state index contributed by atoms with van der Waals surface area (Å²) in [5, 5.41) is 18.0. The average Bonchev–Trinajstić information content (AvgIpc) is 3.75. The second-order valence-electron chi connectivity index (χ2n) is 15.6. The van der Waals surface area contributed by atoms with Crippen LogP contribution in [-0.4, -0.2) is 112 Å². The first-order chi connectivity index (χ1) is 28.0. The lowest BCUT2D eigenvalue weighted by Crippen LogP contribution is -2.53. The third kappa shape index (κ3) is 7.45. The summed E-state index contributed by atoms with van der Waals surface area (Å²) in [4.78, 5) is 72.3. The molecule has 16 nitrogen and oxygen atoms in total. The van der Waals surface area contributed by atoms with Gasteiger partial charge in [0, 0.05) is 88.5 Å². The molecule has 3 aliphatic heterocycles. The van der Waals surface area contributed by atoms with E-state index in [0.29, 0.717) is 58.9 Å². The molecule has 0 atom stereocenters. The molecular formula is C41H49FN12O4. The maximum Gasteiger partial charge on any atom is 0.329 e. The first-order valence-corrected chi connectivity index (χ1v) is 20.1. The fourth-order valence-electron chi connectivity index (χ4n) is 9.10. The van der Waals surface area contributed by atoms with Gasteiger partial charge in [0.25, 0.3) is 5.56 Å². The van der Waals surface area contributed by atoms with Gasteiger partial charge in [-0.1, -0.05) is 12.8 Å². The van der Waals surface area contributed by atoms with Crippen LogP contribution in [0.5, 0.6) is 0 Å². The SMILES string of the molecule is CNc1c(C(=N)N2CCC(=O)NC2=O)cc(F)cc1N1CCN(C2CCN(c3ccc(Nc4ncc5c(C)c(C(C)=O)c(=O)n(C6CCCC6)c5n4)nc3)CC2)CC1. The van der Waals surface area contributed by atoms with Gasteiger partial charge in [-0.15, -0.1) is 0 Å². The maximum atomic E-state index is 15.0. The lowest BCUT2D eigenvalue weighted by atomic mass is 10.0. The number of carbonyl (C=O) groups excluding carboxylic acids is 3. The highest BCUT2D eigenvalue weighted by atomic mass is 19.1. The third-order valence-corrected chi connectivity index (χ3v) is 12.2. The highest BCUT2D eigenvalue weighted by Gasteiger charge is 2.32. The molecule has 1 aliphatic carbocycles. The molecule has 1 aromatic carbocycles. The van der Waals surface area contributed by atoms with Crippen LogP contribution in [0, 0.1) is 18.2 Å². The van der Waals surface area contributed by atoms with Crippen LogP contribution in [0.3, 0.4) is 0 Å². The Balaban J connectivity index is 0.884. The Bertz CT molecular complexity index is 2330. The Morgan fingerprint density at radius 1 is 0.914 bits per heavy atom. The summed E-state index contributed by atoms with van der Waals surface area (Å²) >= 11 is 0. The molecule has 58 heavy (non-hydrogen) atoms. The first-order valence-electron chi connectivity index (χ1n) is 20.1. The molecule has 304 valence electrons. The van der Waals surface area contributed by atoms with E-state index in [1.54, 1.807) is 24.7 Å². The second-order valence-corrected chi connectivity index (χ2v) is 15.6. The van der Waals surface area contributed by atoms with Crippen molar-refractivity contribution in [2.75, 3.05) is 73.3 Å². The van der Waals surface area contributed by atoms with E-state index in [1.807, 2.05) is 18.3 Å². The summed E-state index contributed by atoms with van der Waals surface area (Å²) in [7, 11) is 1.72. The Morgan fingerprint density at radius 3 is 2.31 bits per heavy atom. The van der Waals surface area contributed by atoms with Crippen molar-refractivity contribution in [1.29, 1.82) is 5.41 Å². The number of anilines is 5. The molecule has 4 N–H and O–H groups in total. The van der Waals surface area contributed by atoms with Crippen LogP contribution < -0.4 is 31.3 Å². The number of ketones is 1. The van der Waals surface area contributed by atoms with Crippen molar-refractivity contribution in [2.45, 2.75) is 70.9 Å². The summed E-state index contributed by atoms with van der Waals surface area (Å²) < 4.78 is 16.8. The largest absolute Gasteiger partial charge is 0.386 e. The number of rotatable bonds is 9. The number of amidine groups is 1. The molecule has 4 aliphatic rings. The van der Waals surface area contributed by atoms with E-state index in [-0.39, 0.29) is 47.3 Å². The number of pyridine rings is 2. The summed E-state index contributed by atoms with van der Waals surface area (Å²) in [6.07, 6.45) is 9.40. The zero-order valence-corrected chi connectivity index (χ0v) is 33.1. The van der Waals surface area contributed by atoms with E-state index in [0.717, 1.165) is 70.4 Å². The highest BCUT2D eigenvalue weighted by molar-refractivity contribution is 6.13.